The van der Waals surface area contributed by atoms with E-state index < -0.39 is 0 Å². The van der Waals surface area contributed by atoms with Crippen LogP contribution in [-0.4, -0.2) is 27.0 Å². The predicted octanol–water partition coefficient (Wildman–Crippen LogP) is 4.34. The minimum Gasteiger partial charge on any atom is -0.351 e. The van der Waals surface area contributed by atoms with Crippen molar-refractivity contribution in [3.8, 4) is 22.5 Å². The first-order chi connectivity index (χ1) is 13.7. The lowest BCUT2D eigenvalue weighted by Crippen LogP contribution is -2.25. The second kappa shape index (κ2) is 7.60. The Morgan fingerprint density at radius 3 is 2.57 bits per heavy atom. The zero-order valence-electron chi connectivity index (χ0n) is 15.4. The number of amides is 1. The number of nitrogens with zero attached hydrogens (tertiary/aromatic N) is 3. The third-order valence-electron chi connectivity index (χ3n) is 4.41. The van der Waals surface area contributed by atoms with Crippen molar-refractivity contribution in [1.29, 1.82) is 0 Å². The Balaban J connectivity index is 1.92. The zero-order chi connectivity index (χ0) is 19.5. The molecule has 6 heteroatoms. The van der Waals surface area contributed by atoms with Crippen LogP contribution >= 0.6 is 0 Å². The van der Waals surface area contributed by atoms with Gasteiger partial charge < -0.3 is 5.32 Å². The van der Waals surface area contributed by atoms with Crippen LogP contribution in [-0.2, 0) is 0 Å². The van der Waals surface area contributed by atoms with Gasteiger partial charge in [0, 0.05) is 23.7 Å². The van der Waals surface area contributed by atoms with Gasteiger partial charge in [-0.05, 0) is 24.6 Å². The summed E-state index contributed by atoms with van der Waals surface area (Å²) in [5.41, 5.74) is 3.19. The van der Waals surface area contributed by atoms with Crippen molar-refractivity contribution in [2.75, 3.05) is 6.54 Å². The topological polar surface area (TPSA) is 59.3 Å². The van der Waals surface area contributed by atoms with Crippen LogP contribution in [0.3, 0.4) is 0 Å². The number of carbonyl (C=O) groups excluding carboxylic acids is 1. The average Bonchev–Trinajstić information content (AvgIpc) is 3.17. The maximum absolute atomic E-state index is 14.5. The number of carbonyl (C=O) groups is 1. The molecule has 2 aromatic carbocycles. The largest absolute Gasteiger partial charge is 0.351 e. The fraction of sp³-hybridized carbons (Fsp3) is 0.136. The van der Waals surface area contributed by atoms with Gasteiger partial charge in [-0.3, -0.25) is 4.79 Å². The second-order valence-electron chi connectivity index (χ2n) is 6.43. The molecular formula is C22H19FN4O. The van der Waals surface area contributed by atoms with Crippen molar-refractivity contribution in [1.82, 2.24) is 19.9 Å². The third kappa shape index (κ3) is 3.36. The molecule has 0 saturated carbocycles. The first kappa shape index (κ1) is 17.9. The first-order valence-electron chi connectivity index (χ1n) is 9.16. The molecule has 0 aliphatic heterocycles. The molecule has 28 heavy (non-hydrogen) atoms. The van der Waals surface area contributed by atoms with E-state index in [-0.39, 0.29) is 17.4 Å². The molecule has 4 rings (SSSR count). The molecule has 0 fully saturated rings. The van der Waals surface area contributed by atoms with Crippen molar-refractivity contribution >= 4 is 11.6 Å². The molecular weight excluding hydrogens is 355 g/mol. The monoisotopic (exact) mass is 374 g/mol. The molecule has 140 valence electrons. The summed E-state index contributed by atoms with van der Waals surface area (Å²) >= 11 is 0. The van der Waals surface area contributed by atoms with Crippen LogP contribution in [0.5, 0.6) is 0 Å². The highest BCUT2D eigenvalue weighted by Gasteiger charge is 2.17. The maximum Gasteiger partial charge on any atom is 0.270 e. The molecule has 4 aromatic rings. The smallest absolute Gasteiger partial charge is 0.270 e. The van der Waals surface area contributed by atoms with Gasteiger partial charge in [0.05, 0.1) is 11.4 Å². The Morgan fingerprint density at radius 2 is 1.82 bits per heavy atom. The van der Waals surface area contributed by atoms with E-state index >= 15 is 0 Å². The van der Waals surface area contributed by atoms with Crippen LogP contribution in [0.2, 0.25) is 0 Å². The average molecular weight is 374 g/mol. The summed E-state index contributed by atoms with van der Waals surface area (Å²) in [5.74, 6) is -0.670. The molecule has 0 aliphatic rings. The predicted molar refractivity (Wildman–Crippen MR) is 106 cm³/mol. The summed E-state index contributed by atoms with van der Waals surface area (Å²) in [4.78, 5) is 17.0. The summed E-state index contributed by atoms with van der Waals surface area (Å²) < 4.78 is 16.1. The third-order valence-corrected chi connectivity index (χ3v) is 4.41. The van der Waals surface area contributed by atoms with Crippen LogP contribution < -0.4 is 5.32 Å². The lowest BCUT2D eigenvalue weighted by Gasteiger charge is -2.09. The van der Waals surface area contributed by atoms with E-state index in [1.807, 2.05) is 37.3 Å². The molecule has 0 radical (unpaired) electrons. The first-order valence-corrected chi connectivity index (χ1v) is 9.16. The summed E-state index contributed by atoms with van der Waals surface area (Å²) in [6, 6.07) is 19.5. The fourth-order valence-corrected chi connectivity index (χ4v) is 3.03. The summed E-state index contributed by atoms with van der Waals surface area (Å²) in [7, 11) is 0. The molecule has 1 amide bonds. The quantitative estimate of drug-likeness (QED) is 0.565. The van der Waals surface area contributed by atoms with Gasteiger partial charge >= 0.3 is 0 Å². The van der Waals surface area contributed by atoms with Gasteiger partial charge in [-0.1, -0.05) is 49.4 Å². The fourth-order valence-electron chi connectivity index (χ4n) is 3.03. The molecule has 0 unspecified atom stereocenters. The molecule has 0 atom stereocenters. The highest BCUT2D eigenvalue weighted by molar-refractivity contribution is 5.94. The van der Waals surface area contributed by atoms with E-state index in [1.54, 1.807) is 34.8 Å². The van der Waals surface area contributed by atoms with Gasteiger partial charge in [-0.2, -0.15) is 5.10 Å². The minimum absolute atomic E-state index is 0.235. The van der Waals surface area contributed by atoms with E-state index in [1.165, 1.54) is 6.07 Å². The molecule has 2 heterocycles. The van der Waals surface area contributed by atoms with Gasteiger partial charge in [-0.25, -0.2) is 13.9 Å². The number of aromatic nitrogens is 3. The van der Waals surface area contributed by atoms with E-state index in [4.69, 9.17) is 0 Å². The Labute approximate surface area is 161 Å². The number of benzene rings is 2. The zero-order valence-corrected chi connectivity index (χ0v) is 15.4. The molecule has 2 aromatic heterocycles. The van der Waals surface area contributed by atoms with E-state index in [2.05, 4.69) is 15.4 Å². The van der Waals surface area contributed by atoms with Crippen molar-refractivity contribution in [3.63, 3.8) is 0 Å². The lowest BCUT2D eigenvalue weighted by molar-refractivity contribution is 0.0949. The molecule has 0 spiro atoms. The van der Waals surface area contributed by atoms with Gasteiger partial charge in [0.15, 0.2) is 5.65 Å². The second-order valence-corrected chi connectivity index (χ2v) is 6.43. The number of fused-ring (bicyclic) bond motifs is 1. The van der Waals surface area contributed by atoms with E-state index in [0.717, 1.165) is 12.0 Å². The number of hydrogen-bond donors (Lipinski definition) is 1. The van der Waals surface area contributed by atoms with E-state index in [9.17, 15) is 9.18 Å². The van der Waals surface area contributed by atoms with Crippen molar-refractivity contribution in [2.45, 2.75) is 13.3 Å². The van der Waals surface area contributed by atoms with Crippen LogP contribution in [0, 0.1) is 5.82 Å². The number of halogens is 1. The summed E-state index contributed by atoms with van der Waals surface area (Å²) in [5, 5.41) is 7.44. The number of nitrogens with one attached hydrogen (secondary N) is 1. The molecule has 0 bridgehead atoms. The number of hydrogen-bond acceptors (Lipinski definition) is 3. The minimum atomic E-state index is -0.383. The van der Waals surface area contributed by atoms with Crippen molar-refractivity contribution < 1.29 is 9.18 Å². The van der Waals surface area contributed by atoms with Gasteiger partial charge in [-0.15, -0.1) is 0 Å². The standard InChI is InChI=1S/C22H19FN4O/c1-2-12-24-22(28)19-13-20(16-10-6-7-11-17(16)23)27-21(25-19)14-18(26-27)15-8-4-3-5-9-15/h3-11,13-14H,2,12H2,1H3,(H,24,28). The number of rotatable bonds is 5. The molecule has 0 saturated heterocycles. The highest BCUT2D eigenvalue weighted by atomic mass is 19.1. The van der Waals surface area contributed by atoms with Gasteiger partial charge in [0.25, 0.3) is 5.91 Å². The molecule has 1 N–H and O–H groups in total. The van der Waals surface area contributed by atoms with E-state index in [0.29, 0.717) is 29.1 Å². The highest BCUT2D eigenvalue weighted by Crippen LogP contribution is 2.27. The summed E-state index contributed by atoms with van der Waals surface area (Å²) in [6.45, 7) is 2.53. The molecule has 0 aliphatic carbocycles. The van der Waals surface area contributed by atoms with Crippen LogP contribution in [0.15, 0.2) is 66.7 Å². The Morgan fingerprint density at radius 1 is 1.07 bits per heavy atom. The van der Waals surface area contributed by atoms with Gasteiger partial charge in [0.1, 0.15) is 11.5 Å². The Bertz CT molecular complexity index is 1140. The molecule has 5 nitrogen and oxygen atoms in total. The SMILES string of the molecule is CCCNC(=O)c1cc(-c2ccccc2F)n2nc(-c3ccccc3)cc2n1. The lowest BCUT2D eigenvalue weighted by atomic mass is 10.1. The maximum atomic E-state index is 14.5. The van der Waals surface area contributed by atoms with Crippen molar-refractivity contribution in [3.05, 3.63) is 78.2 Å². The Hall–Kier alpha value is -3.54. The Kier molecular flexibility index (Phi) is 4.85. The van der Waals surface area contributed by atoms with Gasteiger partial charge in [0.2, 0.25) is 0 Å². The normalized spacial score (nSPS) is 10.9. The van der Waals surface area contributed by atoms with Crippen LogP contribution in [0.1, 0.15) is 23.8 Å². The van der Waals surface area contributed by atoms with Crippen LogP contribution in [0.25, 0.3) is 28.2 Å². The van der Waals surface area contributed by atoms with Crippen molar-refractivity contribution in [2.24, 2.45) is 0 Å². The van der Waals surface area contributed by atoms with Crippen LogP contribution in [0.4, 0.5) is 4.39 Å². The summed E-state index contributed by atoms with van der Waals surface area (Å²) in [6.07, 6.45) is 0.818.